The topological polar surface area (TPSA) is 40.5 Å². The second-order valence-corrected chi connectivity index (χ2v) is 12.1. The van der Waals surface area contributed by atoms with Crippen LogP contribution < -0.4 is 0 Å². The predicted molar refractivity (Wildman–Crippen MR) is 139 cm³/mol. The lowest BCUT2D eigenvalue weighted by atomic mass is 9.44. The molecule has 2 nitrogen and oxygen atoms in total. The van der Waals surface area contributed by atoms with Crippen molar-refractivity contribution in [1.29, 1.82) is 0 Å². The van der Waals surface area contributed by atoms with Crippen molar-refractivity contribution in [2.24, 2.45) is 46.3 Å². The van der Waals surface area contributed by atoms with Crippen molar-refractivity contribution in [3.63, 3.8) is 0 Å². The molecule has 0 spiro atoms. The molecule has 32 heavy (non-hydrogen) atoms. The number of hydrogen-bond donors (Lipinski definition) is 2. The van der Waals surface area contributed by atoms with Crippen LogP contribution >= 0.6 is 0 Å². The summed E-state index contributed by atoms with van der Waals surface area (Å²) in [6.07, 6.45) is 15.3. The van der Waals surface area contributed by atoms with Gasteiger partial charge in [0.05, 0.1) is 12.2 Å². The van der Waals surface area contributed by atoms with Gasteiger partial charge in [0.15, 0.2) is 0 Å². The molecule has 0 aliphatic heterocycles. The van der Waals surface area contributed by atoms with E-state index < -0.39 is 0 Å². The van der Waals surface area contributed by atoms with Gasteiger partial charge in [0.25, 0.3) is 0 Å². The van der Waals surface area contributed by atoms with Crippen LogP contribution in [0.5, 0.6) is 0 Å². The summed E-state index contributed by atoms with van der Waals surface area (Å²) in [5.74, 6) is 4.86. The molecule has 4 aliphatic rings. The number of aliphatic hydroxyl groups excluding tert-OH is 2. The van der Waals surface area contributed by atoms with E-state index in [9.17, 15) is 10.2 Å². The van der Waals surface area contributed by atoms with Gasteiger partial charge in [-0.2, -0.15) is 0 Å². The van der Waals surface area contributed by atoms with Crippen LogP contribution in [0, 0.1) is 46.3 Å². The number of hydrogen-bond acceptors (Lipinski definition) is 2. The maximum atomic E-state index is 10.2. The quantitative estimate of drug-likeness (QED) is 0.442. The molecule has 0 amide bonds. The van der Waals surface area contributed by atoms with Crippen molar-refractivity contribution < 1.29 is 10.2 Å². The van der Waals surface area contributed by atoms with Gasteiger partial charge in [-0.05, 0) is 117 Å². The van der Waals surface area contributed by atoms with E-state index in [0.717, 1.165) is 48.9 Å². The van der Waals surface area contributed by atoms with E-state index in [1.165, 1.54) is 57.8 Å². The smallest absolute Gasteiger partial charge is 0.0563 e. The normalized spacial score (nSPS) is 43.6. The fourth-order valence-corrected chi connectivity index (χ4v) is 8.73. The second-order valence-electron chi connectivity index (χ2n) is 12.1. The van der Waals surface area contributed by atoms with Gasteiger partial charge in [-0.1, -0.05) is 61.8 Å². The Morgan fingerprint density at radius 1 is 0.812 bits per heavy atom. The Labute approximate surface area is 201 Å². The van der Waals surface area contributed by atoms with Gasteiger partial charge >= 0.3 is 0 Å². The van der Waals surface area contributed by atoms with Crippen LogP contribution in [0.2, 0.25) is 0 Å². The molecule has 0 aromatic heterocycles. The molecule has 0 bridgehead atoms. The zero-order chi connectivity index (χ0) is 24.1. The first-order valence-corrected chi connectivity index (χ1v) is 14.6. The second kappa shape index (κ2) is 12.1. The summed E-state index contributed by atoms with van der Waals surface area (Å²) >= 11 is 0. The first-order chi connectivity index (χ1) is 15.3. The summed E-state index contributed by atoms with van der Waals surface area (Å²) in [7, 11) is 0. The average Bonchev–Trinajstić information content (AvgIpc) is 3.13. The Hall–Kier alpha value is -0.0800. The Balaban J connectivity index is 0.000000860. The minimum Gasteiger partial charge on any atom is -0.393 e. The van der Waals surface area contributed by atoms with Crippen molar-refractivity contribution >= 4 is 0 Å². The maximum absolute atomic E-state index is 10.2. The maximum Gasteiger partial charge on any atom is 0.0563 e. The van der Waals surface area contributed by atoms with Crippen LogP contribution in [-0.2, 0) is 0 Å². The van der Waals surface area contributed by atoms with Crippen LogP contribution in [0.4, 0.5) is 0 Å². The van der Waals surface area contributed by atoms with Crippen LogP contribution in [-0.4, -0.2) is 22.4 Å². The first-order valence-electron chi connectivity index (χ1n) is 14.6. The van der Waals surface area contributed by atoms with Crippen LogP contribution in [0.15, 0.2) is 0 Å². The fourth-order valence-electron chi connectivity index (χ4n) is 8.73. The highest BCUT2D eigenvalue weighted by atomic mass is 16.3. The number of rotatable bonds is 5. The van der Waals surface area contributed by atoms with E-state index in [-0.39, 0.29) is 12.2 Å². The SMILES string of the molecule is CC.CC.CC(C)C(O)CCC[C@H]1CCC2[C@@H]3CCC4C[C@@H](O)CC[C@]4(C)C3CCC21C. The van der Waals surface area contributed by atoms with Crippen LogP contribution in [0.3, 0.4) is 0 Å². The Morgan fingerprint density at radius 3 is 2.09 bits per heavy atom. The minimum absolute atomic E-state index is 0.0273. The molecule has 0 saturated heterocycles. The van der Waals surface area contributed by atoms with Crippen molar-refractivity contribution in [3.8, 4) is 0 Å². The molecule has 4 aliphatic carbocycles. The van der Waals surface area contributed by atoms with Crippen molar-refractivity contribution in [2.75, 3.05) is 0 Å². The highest BCUT2D eigenvalue weighted by Crippen LogP contribution is 2.67. The van der Waals surface area contributed by atoms with Crippen molar-refractivity contribution in [2.45, 2.75) is 145 Å². The third-order valence-electron chi connectivity index (χ3n) is 10.7. The zero-order valence-electron chi connectivity index (χ0n) is 23.0. The Kier molecular flexibility index (Phi) is 10.6. The molecular weight excluding hydrogens is 392 g/mol. The molecule has 190 valence electrons. The summed E-state index contributed by atoms with van der Waals surface area (Å²) < 4.78 is 0. The largest absolute Gasteiger partial charge is 0.393 e. The zero-order valence-corrected chi connectivity index (χ0v) is 23.0. The van der Waals surface area contributed by atoms with Gasteiger partial charge in [0, 0.05) is 0 Å². The van der Waals surface area contributed by atoms with E-state index in [1.54, 1.807) is 0 Å². The Morgan fingerprint density at radius 2 is 1.44 bits per heavy atom. The predicted octanol–water partition coefficient (Wildman–Crippen LogP) is 8.25. The molecule has 2 heteroatoms. The monoisotopic (exact) mass is 450 g/mol. The summed E-state index contributed by atoms with van der Waals surface area (Å²) in [6, 6.07) is 0. The first kappa shape index (κ1) is 28.2. The van der Waals surface area contributed by atoms with Gasteiger partial charge in [-0.15, -0.1) is 0 Å². The lowest BCUT2D eigenvalue weighted by Crippen LogP contribution is -2.53. The molecule has 2 N–H and O–H groups in total. The lowest BCUT2D eigenvalue weighted by molar-refractivity contribution is -0.127. The van der Waals surface area contributed by atoms with E-state index in [4.69, 9.17) is 0 Å². The van der Waals surface area contributed by atoms with Gasteiger partial charge in [0.1, 0.15) is 0 Å². The average molecular weight is 451 g/mol. The molecule has 0 aromatic rings. The van der Waals surface area contributed by atoms with Crippen LogP contribution in [0.1, 0.15) is 132 Å². The van der Waals surface area contributed by atoms with Gasteiger partial charge < -0.3 is 10.2 Å². The van der Waals surface area contributed by atoms with Crippen molar-refractivity contribution in [3.05, 3.63) is 0 Å². The molecule has 4 fully saturated rings. The van der Waals surface area contributed by atoms with Gasteiger partial charge in [-0.25, -0.2) is 0 Å². The molecule has 0 heterocycles. The third kappa shape index (κ3) is 5.42. The van der Waals surface area contributed by atoms with Gasteiger partial charge in [-0.3, -0.25) is 0 Å². The molecule has 4 saturated carbocycles. The standard InChI is InChI=1S/C26H46O2.2C2H6/c1-17(2)24(28)7-5-6-18-9-11-22-21-10-8-19-16-20(27)12-14-26(19,4)23(21)13-15-25(18,22)3;2*1-2/h17-24,27-28H,5-16H2,1-4H3;2*1-2H3/t18-,19?,20-,21-,22?,23?,24?,25?,26-;;/m0../s1. The highest BCUT2D eigenvalue weighted by Gasteiger charge is 2.59. The van der Waals surface area contributed by atoms with Crippen LogP contribution in [0.25, 0.3) is 0 Å². The lowest BCUT2D eigenvalue weighted by Gasteiger charge is -2.61. The fraction of sp³-hybridized carbons (Fsp3) is 1.00. The van der Waals surface area contributed by atoms with E-state index in [1.807, 2.05) is 27.7 Å². The van der Waals surface area contributed by atoms with E-state index in [0.29, 0.717) is 16.7 Å². The number of fused-ring (bicyclic) bond motifs is 5. The van der Waals surface area contributed by atoms with E-state index >= 15 is 0 Å². The summed E-state index contributed by atoms with van der Waals surface area (Å²) in [4.78, 5) is 0. The summed E-state index contributed by atoms with van der Waals surface area (Å²) in [5, 5.41) is 20.4. The minimum atomic E-state index is -0.113. The van der Waals surface area contributed by atoms with Crippen molar-refractivity contribution in [1.82, 2.24) is 0 Å². The molecular formula is C30H58O2. The molecule has 9 atom stereocenters. The summed E-state index contributed by atoms with van der Waals surface area (Å²) in [5.41, 5.74) is 1.06. The molecule has 4 rings (SSSR count). The summed E-state index contributed by atoms with van der Waals surface area (Å²) in [6.45, 7) is 17.5. The third-order valence-corrected chi connectivity index (χ3v) is 10.7. The molecule has 5 unspecified atom stereocenters. The molecule has 0 aromatic carbocycles. The number of aliphatic hydroxyl groups is 2. The van der Waals surface area contributed by atoms with E-state index in [2.05, 4.69) is 27.7 Å². The van der Waals surface area contributed by atoms with Gasteiger partial charge in [0.2, 0.25) is 0 Å². The highest BCUT2D eigenvalue weighted by molar-refractivity contribution is 5.09. The Bertz CT molecular complexity index is 545. The molecule has 0 radical (unpaired) electrons.